The zero-order valence-electron chi connectivity index (χ0n) is 12.5. The molecule has 9 heteroatoms. The molecule has 124 valence electrons. The van der Waals surface area contributed by atoms with Gasteiger partial charge in [-0.05, 0) is 24.3 Å². The van der Waals surface area contributed by atoms with E-state index in [1.807, 2.05) is 5.48 Å². The van der Waals surface area contributed by atoms with Gasteiger partial charge in [-0.2, -0.15) is 0 Å². The van der Waals surface area contributed by atoms with Crippen molar-refractivity contribution in [1.29, 1.82) is 0 Å². The van der Waals surface area contributed by atoms with Crippen LogP contribution < -0.4 is 5.48 Å². The quantitative estimate of drug-likeness (QED) is 0.382. The number of amidine groups is 1. The number of fused-ring (bicyclic) bond motifs is 1. The number of halogens is 2. The van der Waals surface area contributed by atoms with Gasteiger partial charge in [0.15, 0.2) is 11.5 Å². The number of nitrogens with one attached hydrogen (secondary N) is 2. The zero-order chi connectivity index (χ0) is 17.1. The van der Waals surface area contributed by atoms with E-state index in [9.17, 15) is 9.60 Å². The summed E-state index contributed by atoms with van der Waals surface area (Å²) in [5.41, 5.74) is 3.99. The summed E-state index contributed by atoms with van der Waals surface area (Å²) in [5, 5.41) is 9.41. The maximum absolute atomic E-state index is 13.2. The largest absolute Gasteiger partial charge is 0.377 e. The van der Waals surface area contributed by atoms with E-state index in [2.05, 4.69) is 19.9 Å². The first-order valence-corrected chi connectivity index (χ1v) is 7.27. The molecule has 0 radical (unpaired) electrons. The number of ether oxygens (including phenoxy) is 1. The lowest BCUT2D eigenvalue weighted by atomic mass is 10.2. The standard InChI is InChI=1S/C15H13ClFN5O2/c1-24-7-12-20-13-9(4-5-18-15(13)21-12)14(22-23)19-8-2-3-11(17)10(16)6-8/h2-6,23H,7H2,1H3,(H,19,22)(H,18,20,21). The molecule has 0 spiro atoms. The van der Waals surface area contributed by atoms with Crippen LogP contribution in [-0.4, -0.2) is 33.1 Å². The van der Waals surface area contributed by atoms with Crippen LogP contribution in [0.3, 0.4) is 0 Å². The van der Waals surface area contributed by atoms with Gasteiger partial charge >= 0.3 is 0 Å². The van der Waals surface area contributed by atoms with E-state index in [0.717, 1.165) is 0 Å². The van der Waals surface area contributed by atoms with Crippen LogP contribution in [-0.2, 0) is 11.3 Å². The fraction of sp³-hybridized carbons (Fsp3) is 0.133. The van der Waals surface area contributed by atoms with Crippen LogP contribution in [0.5, 0.6) is 0 Å². The lowest BCUT2D eigenvalue weighted by molar-refractivity contribution is 0.179. The van der Waals surface area contributed by atoms with Crippen molar-refractivity contribution in [1.82, 2.24) is 20.4 Å². The van der Waals surface area contributed by atoms with Gasteiger partial charge in [0.2, 0.25) is 0 Å². The monoisotopic (exact) mass is 349 g/mol. The van der Waals surface area contributed by atoms with Gasteiger partial charge in [-0.3, -0.25) is 10.7 Å². The van der Waals surface area contributed by atoms with Crippen LogP contribution in [0.2, 0.25) is 5.02 Å². The Balaban J connectivity index is 2.08. The van der Waals surface area contributed by atoms with Gasteiger partial charge in [0.05, 0.1) is 16.2 Å². The Kier molecular flexibility index (Phi) is 4.70. The summed E-state index contributed by atoms with van der Waals surface area (Å²) in [4.78, 5) is 15.8. The van der Waals surface area contributed by atoms with Gasteiger partial charge in [0.1, 0.15) is 18.2 Å². The minimum absolute atomic E-state index is 0.0580. The van der Waals surface area contributed by atoms with Gasteiger partial charge in [0.25, 0.3) is 0 Å². The van der Waals surface area contributed by atoms with Gasteiger partial charge in [-0.1, -0.05) is 11.6 Å². The molecular weight excluding hydrogens is 337 g/mol. The molecule has 2 heterocycles. The summed E-state index contributed by atoms with van der Waals surface area (Å²) in [6, 6.07) is 5.66. The van der Waals surface area contributed by atoms with E-state index in [-0.39, 0.29) is 10.9 Å². The van der Waals surface area contributed by atoms with E-state index in [1.54, 1.807) is 19.4 Å². The summed E-state index contributed by atoms with van der Waals surface area (Å²) >= 11 is 5.75. The Hall–Kier alpha value is -2.55. The molecule has 0 aliphatic rings. The zero-order valence-corrected chi connectivity index (χ0v) is 13.3. The molecule has 0 aliphatic heterocycles. The smallest absolute Gasteiger partial charge is 0.178 e. The van der Waals surface area contributed by atoms with Crippen LogP contribution >= 0.6 is 11.6 Å². The molecule has 0 atom stereocenters. The molecule has 0 unspecified atom stereocenters. The number of imidazole rings is 1. The Bertz CT molecular complexity index is 912. The number of rotatable bonds is 4. The summed E-state index contributed by atoms with van der Waals surface area (Å²) in [6.45, 7) is 0.294. The van der Waals surface area contributed by atoms with E-state index in [1.165, 1.54) is 18.2 Å². The molecule has 0 saturated heterocycles. The predicted molar refractivity (Wildman–Crippen MR) is 87.1 cm³/mol. The van der Waals surface area contributed by atoms with Crippen molar-refractivity contribution < 1.29 is 14.3 Å². The van der Waals surface area contributed by atoms with Gasteiger partial charge in [0, 0.05) is 18.9 Å². The van der Waals surface area contributed by atoms with Crippen molar-refractivity contribution in [3.05, 3.63) is 52.7 Å². The third-order valence-electron chi connectivity index (χ3n) is 3.23. The number of aromatic amines is 1. The third-order valence-corrected chi connectivity index (χ3v) is 3.52. The molecule has 0 saturated carbocycles. The molecular formula is C15H13ClFN5O2. The summed E-state index contributed by atoms with van der Waals surface area (Å²) in [6.07, 6.45) is 1.54. The van der Waals surface area contributed by atoms with Gasteiger partial charge in [-0.25, -0.2) is 19.4 Å². The lowest BCUT2D eigenvalue weighted by Gasteiger charge is -2.06. The maximum Gasteiger partial charge on any atom is 0.178 e. The Morgan fingerprint density at radius 1 is 1.46 bits per heavy atom. The highest BCUT2D eigenvalue weighted by Crippen LogP contribution is 2.23. The molecule has 0 amide bonds. The van der Waals surface area contributed by atoms with Crippen LogP contribution in [0.25, 0.3) is 11.2 Å². The van der Waals surface area contributed by atoms with Crippen molar-refractivity contribution in [3.63, 3.8) is 0 Å². The highest BCUT2D eigenvalue weighted by atomic mass is 35.5. The summed E-state index contributed by atoms with van der Waals surface area (Å²) < 4.78 is 18.3. The summed E-state index contributed by atoms with van der Waals surface area (Å²) in [5.74, 6) is 0.186. The topological polar surface area (TPSA) is 95.4 Å². The highest BCUT2D eigenvalue weighted by molar-refractivity contribution is 6.31. The van der Waals surface area contributed by atoms with Gasteiger partial charge < -0.3 is 9.72 Å². The number of pyridine rings is 1. The fourth-order valence-corrected chi connectivity index (χ4v) is 2.37. The minimum Gasteiger partial charge on any atom is -0.377 e. The second-order valence-corrected chi connectivity index (χ2v) is 5.25. The van der Waals surface area contributed by atoms with Crippen molar-refractivity contribution >= 4 is 34.3 Å². The molecule has 0 bridgehead atoms. The highest BCUT2D eigenvalue weighted by Gasteiger charge is 2.13. The van der Waals surface area contributed by atoms with Gasteiger partial charge in [-0.15, -0.1) is 0 Å². The second-order valence-electron chi connectivity index (χ2n) is 4.84. The minimum atomic E-state index is -0.543. The molecule has 2 aromatic heterocycles. The number of nitrogens with zero attached hydrogens (tertiary/aromatic N) is 3. The summed E-state index contributed by atoms with van der Waals surface area (Å²) in [7, 11) is 1.56. The van der Waals surface area contributed by atoms with Crippen molar-refractivity contribution in [3.8, 4) is 0 Å². The molecule has 1 aromatic carbocycles. The molecule has 0 aliphatic carbocycles. The molecule has 3 aromatic rings. The van der Waals surface area contributed by atoms with Crippen LogP contribution in [0.1, 0.15) is 11.4 Å². The normalized spacial score (nSPS) is 11.9. The number of benzene rings is 1. The van der Waals surface area contributed by atoms with E-state index < -0.39 is 5.82 Å². The predicted octanol–water partition coefficient (Wildman–Crippen LogP) is 2.95. The van der Waals surface area contributed by atoms with Crippen molar-refractivity contribution in [2.24, 2.45) is 4.99 Å². The number of methoxy groups -OCH3 is 1. The number of hydrogen-bond acceptors (Lipinski definition) is 5. The molecule has 24 heavy (non-hydrogen) atoms. The van der Waals surface area contributed by atoms with Crippen LogP contribution in [0.15, 0.2) is 35.5 Å². The molecule has 0 fully saturated rings. The number of H-pyrrole nitrogens is 1. The van der Waals surface area contributed by atoms with E-state index >= 15 is 0 Å². The third kappa shape index (κ3) is 3.21. The average molecular weight is 350 g/mol. The first kappa shape index (κ1) is 16.3. The fourth-order valence-electron chi connectivity index (χ4n) is 2.19. The Morgan fingerprint density at radius 2 is 2.29 bits per heavy atom. The molecule has 3 N–H and O–H groups in total. The van der Waals surface area contributed by atoms with E-state index in [4.69, 9.17) is 16.3 Å². The molecule has 7 nitrogen and oxygen atoms in total. The first-order chi connectivity index (χ1) is 11.6. The number of aromatic nitrogens is 3. The van der Waals surface area contributed by atoms with Crippen LogP contribution in [0.4, 0.5) is 10.1 Å². The Labute approximate surface area is 141 Å². The number of hydrogen-bond donors (Lipinski definition) is 3. The van der Waals surface area contributed by atoms with Crippen molar-refractivity contribution in [2.75, 3.05) is 7.11 Å². The number of aliphatic imine (C=N–C) groups is 1. The van der Waals surface area contributed by atoms with E-state index in [0.29, 0.717) is 34.8 Å². The first-order valence-electron chi connectivity index (χ1n) is 6.89. The SMILES string of the molecule is COCc1nc2nccc(C(=Nc3ccc(F)c(Cl)c3)NO)c2[nH]1. The average Bonchev–Trinajstić information content (AvgIpc) is 2.99. The number of hydroxylamine groups is 1. The molecule has 3 rings (SSSR count). The lowest BCUT2D eigenvalue weighted by Crippen LogP contribution is -2.20. The van der Waals surface area contributed by atoms with Crippen LogP contribution in [0, 0.1) is 5.82 Å². The van der Waals surface area contributed by atoms with Crippen molar-refractivity contribution in [2.45, 2.75) is 6.61 Å². The second kappa shape index (κ2) is 6.91. The Morgan fingerprint density at radius 3 is 3.00 bits per heavy atom. The maximum atomic E-state index is 13.2.